The second kappa shape index (κ2) is 3.91. The molecule has 0 aliphatic rings. The maximum absolute atomic E-state index is 4.36. The van der Waals surface area contributed by atoms with E-state index in [9.17, 15) is 0 Å². The summed E-state index contributed by atoms with van der Waals surface area (Å²) in [4.78, 5) is 0. The van der Waals surface area contributed by atoms with E-state index in [0.717, 1.165) is 11.0 Å². The summed E-state index contributed by atoms with van der Waals surface area (Å²) in [6.07, 6.45) is 1.84. The van der Waals surface area contributed by atoms with Crippen molar-refractivity contribution in [2.75, 3.05) is 0 Å². The van der Waals surface area contributed by atoms with Gasteiger partial charge in [0, 0.05) is 26.3 Å². The van der Waals surface area contributed by atoms with Gasteiger partial charge in [-0.05, 0) is 17.0 Å². The molecule has 0 saturated heterocycles. The van der Waals surface area contributed by atoms with Crippen LogP contribution in [-0.4, -0.2) is 9.61 Å². The minimum atomic E-state index is 0. The van der Waals surface area contributed by atoms with Crippen molar-refractivity contribution in [2.24, 2.45) is 0 Å². The number of hydrogen-bond acceptors (Lipinski definition) is 2. The largest absolute Gasteiger partial charge is 0.301 e. The molecule has 0 bridgehead atoms. The van der Waals surface area contributed by atoms with Gasteiger partial charge in [0.15, 0.2) is 0 Å². The maximum atomic E-state index is 4.36. The SMILES string of the molecule is [Ir].[c-]1scc2c3ccccc3c3ccnn3c12. The molecule has 1 radical (unpaired) electrons. The van der Waals surface area contributed by atoms with Gasteiger partial charge in [-0.2, -0.15) is 10.5 Å². The van der Waals surface area contributed by atoms with Crippen LogP contribution < -0.4 is 0 Å². The van der Waals surface area contributed by atoms with Crippen LogP contribution in [0.25, 0.3) is 27.2 Å². The average Bonchev–Trinajstić information content (AvgIpc) is 2.98. The van der Waals surface area contributed by atoms with Crippen LogP contribution in [0.1, 0.15) is 0 Å². The molecule has 0 saturated carbocycles. The Bertz CT molecular complexity index is 747. The molecular formula is C13H7IrN2S-. The number of hydrogen-bond donors (Lipinski definition) is 0. The van der Waals surface area contributed by atoms with E-state index in [4.69, 9.17) is 0 Å². The summed E-state index contributed by atoms with van der Waals surface area (Å²) in [6, 6.07) is 10.5. The van der Waals surface area contributed by atoms with Crippen molar-refractivity contribution in [3.63, 3.8) is 0 Å². The predicted molar refractivity (Wildman–Crippen MR) is 66.9 cm³/mol. The van der Waals surface area contributed by atoms with E-state index in [2.05, 4.69) is 40.1 Å². The minimum absolute atomic E-state index is 0. The van der Waals surface area contributed by atoms with Crippen LogP contribution in [0, 0.1) is 5.38 Å². The van der Waals surface area contributed by atoms with Crippen molar-refractivity contribution in [1.29, 1.82) is 0 Å². The quantitative estimate of drug-likeness (QED) is 0.402. The first kappa shape index (κ1) is 10.9. The average molecular weight is 415 g/mol. The molecule has 4 heteroatoms. The topological polar surface area (TPSA) is 17.3 Å². The van der Waals surface area contributed by atoms with E-state index in [-0.39, 0.29) is 20.1 Å². The van der Waals surface area contributed by atoms with Crippen molar-refractivity contribution in [3.8, 4) is 0 Å². The number of rotatable bonds is 0. The van der Waals surface area contributed by atoms with Gasteiger partial charge >= 0.3 is 0 Å². The summed E-state index contributed by atoms with van der Waals surface area (Å²) < 4.78 is 1.97. The molecule has 0 amide bonds. The van der Waals surface area contributed by atoms with E-state index >= 15 is 0 Å². The number of benzene rings is 1. The Labute approximate surface area is 115 Å². The summed E-state index contributed by atoms with van der Waals surface area (Å²) in [7, 11) is 0. The summed E-state index contributed by atoms with van der Waals surface area (Å²) in [5.41, 5.74) is 2.22. The Morgan fingerprint density at radius 2 is 1.88 bits per heavy atom. The fraction of sp³-hybridized carbons (Fsp3) is 0. The van der Waals surface area contributed by atoms with Gasteiger partial charge in [-0.25, -0.2) is 0 Å². The molecule has 0 aliphatic heterocycles. The summed E-state index contributed by atoms with van der Waals surface area (Å²) >= 11 is 1.60. The molecule has 0 N–H and O–H groups in total. The van der Waals surface area contributed by atoms with Gasteiger partial charge < -0.3 is 11.3 Å². The summed E-state index contributed by atoms with van der Waals surface area (Å²) in [6.45, 7) is 0. The van der Waals surface area contributed by atoms with Gasteiger partial charge in [0.2, 0.25) is 0 Å². The van der Waals surface area contributed by atoms with Crippen LogP contribution in [0.4, 0.5) is 0 Å². The zero-order valence-electron chi connectivity index (χ0n) is 8.68. The normalized spacial score (nSPS) is 11.1. The maximum Gasteiger partial charge on any atom is 0.0711 e. The molecule has 4 aromatic rings. The van der Waals surface area contributed by atoms with E-state index in [1.165, 1.54) is 16.2 Å². The van der Waals surface area contributed by atoms with Crippen LogP contribution in [0.5, 0.6) is 0 Å². The van der Waals surface area contributed by atoms with Crippen LogP contribution >= 0.6 is 11.3 Å². The molecular weight excluding hydrogens is 408 g/mol. The fourth-order valence-corrected chi connectivity index (χ4v) is 2.95. The van der Waals surface area contributed by atoms with Crippen LogP contribution in [0.3, 0.4) is 0 Å². The monoisotopic (exact) mass is 416 g/mol. The van der Waals surface area contributed by atoms with E-state index in [1.54, 1.807) is 11.3 Å². The third-order valence-corrected chi connectivity index (χ3v) is 3.60. The Morgan fingerprint density at radius 3 is 2.76 bits per heavy atom. The Balaban J connectivity index is 0.000000902. The molecule has 85 valence electrons. The third kappa shape index (κ3) is 1.38. The molecule has 0 spiro atoms. The molecule has 17 heavy (non-hydrogen) atoms. The van der Waals surface area contributed by atoms with Crippen molar-refractivity contribution < 1.29 is 20.1 Å². The van der Waals surface area contributed by atoms with Crippen molar-refractivity contribution in [3.05, 3.63) is 47.3 Å². The van der Waals surface area contributed by atoms with Gasteiger partial charge in [0.25, 0.3) is 0 Å². The van der Waals surface area contributed by atoms with Gasteiger partial charge in [-0.1, -0.05) is 35.0 Å². The van der Waals surface area contributed by atoms with Crippen molar-refractivity contribution in [1.82, 2.24) is 9.61 Å². The Hall–Kier alpha value is -1.22. The number of thiophene rings is 1. The first-order chi connectivity index (χ1) is 7.95. The fourth-order valence-electron chi connectivity index (χ4n) is 2.23. The van der Waals surface area contributed by atoms with Crippen LogP contribution in [0.15, 0.2) is 41.9 Å². The van der Waals surface area contributed by atoms with E-state index in [1.807, 2.05) is 16.8 Å². The van der Waals surface area contributed by atoms with Gasteiger partial charge in [-0.3, -0.25) is 4.52 Å². The van der Waals surface area contributed by atoms with E-state index < -0.39 is 0 Å². The van der Waals surface area contributed by atoms with Crippen molar-refractivity contribution in [2.45, 2.75) is 0 Å². The zero-order chi connectivity index (χ0) is 10.5. The number of aromatic nitrogens is 2. The second-order valence-corrected chi connectivity index (χ2v) is 4.45. The van der Waals surface area contributed by atoms with Crippen molar-refractivity contribution >= 4 is 38.5 Å². The molecule has 0 unspecified atom stereocenters. The smallest absolute Gasteiger partial charge is 0.0711 e. The summed E-state index contributed by atoms with van der Waals surface area (Å²) in [5, 5.41) is 13.5. The first-order valence-corrected chi connectivity index (χ1v) is 5.96. The molecule has 0 atom stereocenters. The molecule has 0 aliphatic carbocycles. The van der Waals surface area contributed by atoms with Gasteiger partial charge in [0.1, 0.15) is 0 Å². The molecule has 4 rings (SSSR count). The first-order valence-electron chi connectivity index (χ1n) is 5.08. The van der Waals surface area contributed by atoms with E-state index in [0.29, 0.717) is 0 Å². The number of pyridine rings is 1. The number of nitrogens with zero attached hydrogens (tertiary/aromatic N) is 2. The Kier molecular flexibility index (Phi) is 2.51. The predicted octanol–water partition coefficient (Wildman–Crippen LogP) is 3.50. The third-order valence-electron chi connectivity index (χ3n) is 2.94. The zero-order valence-corrected chi connectivity index (χ0v) is 11.9. The Morgan fingerprint density at radius 1 is 1.06 bits per heavy atom. The van der Waals surface area contributed by atoms with Crippen LogP contribution in [0.2, 0.25) is 0 Å². The van der Waals surface area contributed by atoms with Gasteiger partial charge in [-0.15, -0.1) is 5.39 Å². The molecule has 0 fully saturated rings. The number of fused-ring (bicyclic) bond motifs is 6. The standard InChI is InChI=1S/C13H7N2S.Ir/c1-2-4-10-9(3-1)11-7-16-8-13(11)15-12(10)5-6-14-15;/h1-7H;/q-1;. The van der Waals surface area contributed by atoms with Gasteiger partial charge in [0.05, 0.1) is 5.52 Å². The molecule has 2 nitrogen and oxygen atoms in total. The molecule has 1 aromatic carbocycles. The summed E-state index contributed by atoms with van der Waals surface area (Å²) in [5.74, 6) is 0. The minimum Gasteiger partial charge on any atom is -0.301 e. The second-order valence-electron chi connectivity index (χ2n) is 3.77. The molecule has 3 heterocycles. The molecule has 3 aromatic heterocycles. The van der Waals surface area contributed by atoms with Crippen LogP contribution in [-0.2, 0) is 20.1 Å².